The largest absolute Gasteiger partial charge is 0.496 e. The fourth-order valence-corrected chi connectivity index (χ4v) is 4.27. The molecule has 0 aliphatic carbocycles. The van der Waals surface area contributed by atoms with E-state index in [1.165, 1.54) is 12.1 Å². The highest BCUT2D eigenvalue weighted by molar-refractivity contribution is 7.90. The summed E-state index contributed by atoms with van der Waals surface area (Å²) in [4.78, 5) is 16.8. The average molecular weight is 416 g/mol. The number of rotatable bonds is 6. The van der Waals surface area contributed by atoms with Crippen LogP contribution in [0.1, 0.15) is 31.2 Å². The van der Waals surface area contributed by atoms with E-state index in [1.54, 1.807) is 25.3 Å². The number of hydrogen-bond donors (Lipinski definition) is 2. The Hall–Kier alpha value is -2.87. The maximum Gasteiger partial charge on any atom is 0.262 e. The number of ether oxygens (including phenoxy) is 1. The molecule has 1 aliphatic rings. The third-order valence-electron chi connectivity index (χ3n) is 4.60. The van der Waals surface area contributed by atoms with Crippen molar-refractivity contribution < 1.29 is 17.9 Å². The summed E-state index contributed by atoms with van der Waals surface area (Å²) in [5, 5.41) is 2.75. The van der Waals surface area contributed by atoms with Crippen molar-refractivity contribution in [1.82, 2.24) is 4.72 Å². The molecule has 7 nitrogen and oxygen atoms in total. The Morgan fingerprint density at radius 3 is 2.76 bits per heavy atom. The van der Waals surface area contributed by atoms with Crippen LogP contribution in [0, 0.1) is 0 Å². The van der Waals surface area contributed by atoms with Gasteiger partial charge in [-0.1, -0.05) is 30.7 Å². The first-order valence-corrected chi connectivity index (χ1v) is 11.0. The Balaban J connectivity index is 1.70. The van der Waals surface area contributed by atoms with E-state index in [2.05, 4.69) is 15.0 Å². The van der Waals surface area contributed by atoms with Gasteiger partial charge in [-0.15, -0.1) is 0 Å². The van der Waals surface area contributed by atoms with E-state index in [0.29, 0.717) is 30.2 Å². The van der Waals surface area contributed by atoms with Gasteiger partial charge >= 0.3 is 0 Å². The van der Waals surface area contributed by atoms with Gasteiger partial charge in [0, 0.05) is 24.2 Å². The molecular weight excluding hydrogens is 390 g/mol. The molecule has 2 N–H and O–H groups in total. The topological polar surface area (TPSA) is 96.9 Å². The van der Waals surface area contributed by atoms with Gasteiger partial charge in [-0.3, -0.25) is 14.5 Å². The van der Waals surface area contributed by atoms with Gasteiger partial charge in [-0.2, -0.15) is 0 Å². The number of carbonyl (C=O) groups excluding carboxylic acids is 1. The maximum absolute atomic E-state index is 12.7. The lowest BCUT2D eigenvalue weighted by Gasteiger charge is -2.12. The molecule has 154 valence electrons. The predicted octanol–water partition coefficient (Wildman–Crippen LogP) is 3.13. The van der Waals surface area contributed by atoms with Crippen LogP contribution in [-0.2, 0) is 21.2 Å². The number of hydrogen-bond acceptors (Lipinski definition) is 5. The van der Waals surface area contributed by atoms with Crippen LogP contribution in [0.5, 0.6) is 5.75 Å². The maximum atomic E-state index is 12.7. The summed E-state index contributed by atoms with van der Waals surface area (Å²) in [5.74, 6) is 0.866. The van der Waals surface area contributed by atoms with Crippen LogP contribution in [0.3, 0.4) is 0 Å². The van der Waals surface area contributed by atoms with Gasteiger partial charge in [0.15, 0.2) is 0 Å². The summed E-state index contributed by atoms with van der Waals surface area (Å²) >= 11 is 0. The molecule has 8 heteroatoms. The minimum absolute atomic E-state index is 0.0829. The molecule has 0 spiro atoms. The quantitative estimate of drug-likeness (QED) is 0.757. The van der Waals surface area contributed by atoms with E-state index in [4.69, 9.17) is 4.74 Å². The number of sulfonamides is 1. The first kappa shape index (κ1) is 20.9. The number of nitrogens with one attached hydrogen (secondary N) is 2. The predicted molar refractivity (Wildman–Crippen MR) is 113 cm³/mol. The van der Waals surface area contributed by atoms with Crippen LogP contribution in [0.25, 0.3) is 0 Å². The lowest BCUT2D eigenvalue weighted by molar-refractivity contribution is -0.115. The SMILES string of the molecule is COc1ccccc1CC(=O)Nc1cccc(S(=O)(=O)NC2=NCCCCC2)c1. The fourth-order valence-electron chi connectivity index (χ4n) is 3.14. The minimum Gasteiger partial charge on any atom is -0.496 e. The Morgan fingerprint density at radius 1 is 1.10 bits per heavy atom. The number of aliphatic imine (C=N–C) groups is 1. The second-order valence-electron chi connectivity index (χ2n) is 6.81. The first-order valence-electron chi connectivity index (χ1n) is 9.56. The molecule has 0 aromatic heterocycles. The first-order chi connectivity index (χ1) is 14.0. The van der Waals surface area contributed by atoms with E-state index in [1.807, 2.05) is 18.2 Å². The van der Waals surface area contributed by atoms with Gasteiger partial charge in [0.2, 0.25) is 5.91 Å². The second-order valence-corrected chi connectivity index (χ2v) is 8.49. The molecular formula is C21H25N3O4S. The van der Waals surface area contributed by atoms with Crippen molar-refractivity contribution in [3.63, 3.8) is 0 Å². The highest BCUT2D eigenvalue weighted by Gasteiger charge is 2.18. The molecule has 0 fully saturated rings. The molecule has 0 radical (unpaired) electrons. The van der Waals surface area contributed by atoms with Crippen LogP contribution in [-0.4, -0.2) is 33.8 Å². The highest BCUT2D eigenvalue weighted by Crippen LogP contribution is 2.20. The van der Waals surface area contributed by atoms with Crippen molar-refractivity contribution in [1.29, 1.82) is 0 Å². The van der Waals surface area contributed by atoms with Crippen molar-refractivity contribution in [3.05, 3.63) is 54.1 Å². The van der Waals surface area contributed by atoms with Crippen LogP contribution in [0.15, 0.2) is 58.4 Å². The minimum atomic E-state index is -3.76. The average Bonchev–Trinajstić information content (AvgIpc) is 2.96. The molecule has 3 rings (SSSR count). The highest BCUT2D eigenvalue weighted by atomic mass is 32.2. The normalized spacial score (nSPS) is 14.4. The Kier molecular flexibility index (Phi) is 6.87. The molecule has 1 amide bonds. The van der Waals surface area contributed by atoms with E-state index in [-0.39, 0.29) is 17.2 Å². The molecule has 2 aromatic rings. The molecule has 0 atom stereocenters. The smallest absolute Gasteiger partial charge is 0.262 e. The number of anilines is 1. The molecule has 0 bridgehead atoms. The van der Waals surface area contributed by atoms with Gasteiger partial charge < -0.3 is 10.1 Å². The lowest BCUT2D eigenvalue weighted by Crippen LogP contribution is -2.30. The molecule has 0 saturated heterocycles. The Labute approximate surface area is 171 Å². The van der Waals surface area contributed by atoms with Gasteiger partial charge in [0.25, 0.3) is 10.0 Å². The summed E-state index contributed by atoms with van der Waals surface area (Å²) in [5.41, 5.74) is 1.17. The summed E-state index contributed by atoms with van der Waals surface area (Å²) in [6.07, 6.45) is 3.67. The zero-order valence-electron chi connectivity index (χ0n) is 16.3. The van der Waals surface area contributed by atoms with Crippen molar-refractivity contribution in [3.8, 4) is 5.75 Å². The van der Waals surface area contributed by atoms with Crippen LogP contribution < -0.4 is 14.8 Å². The number of amides is 1. The summed E-state index contributed by atoms with van der Waals surface area (Å²) in [7, 11) is -2.20. The monoisotopic (exact) mass is 415 g/mol. The van der Waals surface area contributed by atoms with Gasteiger partial charge in [-0.05, 0) is 37.1 Å². The third kappa shape index (κ3) is 5.80. The van der Waals surface area contributed by atoms with Crippen LogP contribution >= 0.6 is 0 Å². The number of benzene rings is 2. The van der Waals surface area contributed by atoms with Gasteiger partial charge in [0.1, 0.15) is 11.6 Å². The van der Waals surface area contributed by atoms with Crippen molar-refractivity contribution >= 4 is 27.5 Å². The number of amidine groups is 1. The zero-order chi connectivity index (χ0) is 20.7. The number of carbonyl (C=O) groups is 1. The van der Waals surface area contributed by atoms with E-state index < -0.39 is 10.0 Å². The molecule has 29 heavy (non-hydrogen) atoms. The second kappa shape index (κ2) is 9.56. The Bertz CT molecular complexity index is 1000. The van der Waals surface area contributed by atoms with Crippen molar-refractivity contribution in [2.75, 3.05) is 19.0 Å². The fraction of sp³-hybridized carbons (Fsp3) is 0.333. The molecule has 2 aromatic carbocycles. The lowest BCUT2D eigenvalue weighted by atomic mass is 10.1. The van der Waals surface area contributed by atoms with E-state index >= 15 is 0 Å². The van der Waals surface area contributed by atoms with E-state index in [0.717, 1.165) is 24.8 Å². The number of methoxy groups -OCH3 is 1. The van der Waals surface area contributed by atoms with Gasteiger partial charge in [0.05, 0.1) is 18.4 Å². The number of nitrogens with zero attached hydrogens (tertiary/aromatic N) is 1. The van der Waals surface area contributed by atoms with Crippen LogP contribution in [0.4, 0.5) is 5.69 Å². The molecule has 0 unspecified atom stereocenters. The third-order valence-corrected chi connectivity index (χ3v) is 5.98. The Morgan fingerprint density at radius 2 is 1.93 bits per heavy atom. The van der Waals surface area contributed by atoms with E-state index in [9.17, 15) is 13.2 Å². The van der Waals surface area contributed by atoms with Gasteiger partial charge in [-0.25, -0.2) is 8.42 Å². The summed E-state index contributed by atoms with van der Waals surface area (Å²) in [6.45, 7) is 0.636. The summed E-state index contributed by atoms with van der Waals surface area (Å²) in [6, 6.07) is 13.5. The van der Waals surface area contributed by atoms with Crippen molar-refractivity contribution in [2.45, 2.75) is 37.0 Å². The molecule has 1 aliphatic heterocycles. The molecule has 0 saturated carbocycles. The van der Waals surface area contributed by atoms with Crippen molar-refractivity contribution in [2.24, 2.45) is 4.99 Å². The number of para-hydroxylation sites is 1. The van der Waals surface area contributed by atoms with Crippen LogP contribution in [0.2, 0.25) is 0 Å². The molecule has 1 heterocycles. The summed E-state index contributed by atoms with van der Waals surface area (Å²) < 4.78 is 33.3. The zero-order valence-corrected chi connectivity index (χ0v) is 17.2. The standard InChI is InChI=1S/C21H25N3O4S/c1-28-19-11-5-4-8-16(19)14-21(25)23-17-9-7-10-18(15-17)29(26,27)24-20-12-3-2-6-13-22-20/h4-5,7-11,15H,2-3,6,12-14H2,1H3,(H,22,24)(H,23,25).